The van der Waals surface area contributed by atoms with Gasteiger partial charge in [0.05, 0.1) is 10.7 Å². The summed E-state index contributed by atoms with van der Waals surface area (Å²) in [6, 6.07) is 14.9. The molecule has 3 aromatic rings. The molecule has 3 aromatic carbocycles. The van der Waals surface area contributed by atoms with Crippen molar-refractivity contribution >= 4 is 69.6 Å². The molecule has 1 aliphatic heterocycles. The molecule has 10 heteroatoms. The molecule has 0 radical (unpaired) electrons. The number of hydrogen-bond acceptors (Lipinski definition) is 4. The van der Waals surface area contributed by atoms with Gasteiger partial charge in [0.25, 0.3) is 17.7 Å². The highest BCUT2D eigenvalue weighted by atomic mass is 35.5. The maximum absolute atomic E-state index is 13.5. The molecule has 0 fully saturated rings. The molecule has 1 heterocycles. The van der Waals surface area contributed by atoms with Crippen molar-refractivity contribution in [1.29, 1.82) is 0 Å². The van der Waals surface area contributed by atoms with Crippen molar-refractivity contribution in [3.63, 3.8) is 0 Å². The van der Waals surface area contributed by atoms with Crippen molar-refractivity contribution in [2.45, 2.75) is 6.92 Å². The average Bonchev–Trinajstić information content (AvgIpc) is 3.01. The van der Waals surface area contributed by atoms with E-state index in [0.717, 1.165) is 22.6 Å². The fourth-order valence-corrected chi connectivity index (χ4v) is 3.79. The number of hydrogen-bond donors (Lipinski definition) is 2. The molecule has 4 rings (SSSR count). The van der Waals surface area contributed by atoms with E-state index in [1.165, 1.54) is 12.1 Å². The fraction of sp³-hybridized carbons (Fsp3) is 0.0417. The average molecular weight is 519 g/mol. The highest BCUT2D eigenvalue weighted by molar-refractivity contribution is 6.53. The van der Waals surface area contributed by atoms with E-state index >= 15 is 0 Å². The summed E-state index contributed by atoms with van der Waals surface area (Å²) in [6.45, 7) is 1.85. The maximum Gasteiger partial charge on any atom is 0.283 e. The molecule has 6 nitrogen and oxygen atoms in total. The van der Waals surface area contributed by atoms with Gasteiger partial charge in [-0.15, -0.1) is 0 Å². The van der Waals surface area contributed by atoms with Gasteiger partial charge in [-0.05, 0) is 61.0 Å². The third-order valence-corrected chi connectivity index (χ3v) is 6.06. The summed E-state index contributed by atoms with van der Waals surface area (Å²) in [4.78, 5) is 39.0. The number of amides is 3. The molecule has 34 heavy (non-hydrogen) atoms. The number of nitrogens with zero attached hydrogens (tertiary/aromatic N) is 1. The summed E-state index contributed by atoms with van der Waals surface area (Å²) in [6.07, 6.45) is 0. The van der Waals surface area contributed by atoms with Crippen LogP contribution >= 0.6 is 34.8 Å². The van der Waals surface area contributed by atoms with Gasteiger partial charge < -0.3 is 10.6 Å². The molecule has 2 N–H and O–H groups in total. The minimum absolute atomic E-state index is 0.0706. The van der Waals surface area contributed by atoms with Crippen molar-refractivity contribution in [1.82, 2.24) is 0 Å². The van der Waals surface area contributed by atoms with E-state index in [-0.39, 0.29) is 27.0 Å². The van der Waals surface area contributed by atoms with Crippen LogP contribution < -0.4 is 15.5 Å². The van der Waals surface area contributed by atoms with E-state index in [9.17, 15) is 18.8 Å². The van der Waals surface area contributed by atoms with Gasteiger partial charge >= 0.3 is 0 Å². The van der Waals surface area contributed by atoms with E-state index in [1.54, 1.807) is 36.4 Å². The SMILES string of the molecule is Cc1ccc(NC(=O)c2cccc(NC3=C(Cl)C(=O)N(c4ccc(F)c(Cl)c4)C3=O)c2)cc1Cl. The lowest BCUT2D eigenvalue weighted by Crippen LogP contribution is -2.32. The fourth-order valence-electron chi connectivity index (χ4n) is 3.23. The summed E-state index contributed by atoms with van der Waals surface area (Å²) in [5.74, 6) is -2.63. The van der Waals surface area contributed by atoms with Crippen LogP contribution in [0.2, 0.25) is 10.0 Å². The molecule has 0 aliphatic carbocycles. The monoisotopic (exact) mass is 517 g/mol. The van der Waals surface area contributed by atoms with Gasteiger partial charge in [0.1, 0.15) is 16.5 Å². The third kappa shape index (κ3) is 4.63. The number of imide groups is 1. The molecule has 0 spiro atoms. The van der Waals surface area contributed by atoms with Crippen LogP contribution in [0.4, 0.5) is 21.5 Å². The lowest BCUT2D eigenvalue weighted by atomic mass is 10.1. The van der Waals surface area contributed by atoms with E-state index in [2.05, 4.69) is 10.6 Å². The van der Waals surface area contributed by atoms with Gasteiger partial charge in [-0.2, -0.15) is 0 Å². The minimum Gasteiger partial charge on any atom is -0.350 e. The van der Waals surface area contributed by atoms with Gasteiger partial charge in [-0.1, -0.05) is 46.9 Å². The molecule has 0 bridgehead atoms. The van der Waals surface area contributed by atoms with Crippen LogP contribution in [0.15, 0.2) is 71.4 Å². The Morgan fingerprint density at radius 1 is 0.882 bits per heavy atom. The number of carbonyl (C=O) groups excluding carboxylic acids is 3. The molecule has 1 aliphatic rings. The van der Waals surface area contributed by atoms with Crippen molar-refractivity contribution in [2.75, 3.05) is 15.5 Å². The van der Waals surface area contributed by atoms with Gasteiger partial charge in [0, 0.05) is 22.0 Å². The zero-order valence-corrected chi connectivity index (χ0v) is 19.7. The highest BCUT2D eigenvalue weighted by Gasteiger charge is 2.39. The normalized spacial score (nSPS) is 13.5. The van der Waals surface area contributed by atoms with Crippen LogP contribution in [-0.2, 0) is 9.59 Å². The Balaban J connectivity index is 1.54. The molecular formula is C24H15Cl3FN3O3. The number of benzene rings is 3. The van der Waals surface area contributed by atoms with Crippen LogP contribution in [0.1, 0.15) is 15.9 Å². The summed E-state index contributed by atoms with van der Waals surface area (Å²) in [5, 5.41) is 5.47. The summed E-state index contributed by atoms with van der Waals surface area (Å²) >= 11 is 18.0. The molecule has 0 saturated carbocycles. The van der Waals surface area contributed by atoms with E-state index < -0.39 is 23.5 Å². The van der Waals surface area contributed by atoms with Crippen LogP contribution in [0.3, 0.4) is 0 Å². The van der Waals surface area contributed by atoms with Crippen molar-refractivity contribution in [3.8, 4) is 0 Å². The number of anilines is 3. The standard InChI is InChI=1S/C24H15Cl3FN3O3/c1-12-5-6-15(10-17(12)25)30-22(32)13-3-2-4-14(9-13)29-21-20(27)23(33)31(24(21)34)16-7-8-19(28)18(26)11-16/h2-11,29H,1H3,(H,30,32). The smallest absolute Gasteiger partial charge is 0.283 e. The second-order valence-corrected chi connectivity index (χ2v) is 8.55. The summed E-state index contributed by atoms with van der Waals surface area (Å²) in [7, 11) is 0. The predicted molar refractivity (Wildman–Crippen MR) is 131 cm³/mol. The molecule has 3 amide bonds. The van der Waals surface area contributed by atoms with Crippen molar-refractivity contribution in [2.24, 2.45) is 0 Å². The first-order chi connectivity index (χ1) is 16.2. The Kier molecular flexibility index (Phi) is 6.61. The first kappa shape index (κ1) is 23.8. The van der Waals surface area contributed by atoms with Gasteiger partial charge in [0.15, 0.2) is 0 Å². The van der Waals surface area contributed by atoms with Crippen molar-refractivity contribution in [3.05, 3.63) is 98.4 Å². The maximum atomic E-state index is 13.5. The molecule has 0 unspecified atom stereocenters. The van der Waals surface area contributed by atoms with Crippen LogP contribution in [0, 0.1) is 12.7 Å². The Morgan fingerprint density at radius 3 is 2.35 bits per heavy atom. The Morgan fingerprint density at radius 2 is 1.65 bits per heavy atom. The van der Waals surface area contributed by atoms with E-state index in [1.807, 2.05) is 6.92 Å². The zero-order chi connectivity index (χ0) is 24.6. The Hall–Kier alpha value is -3.39. The molecule has 0 saturated heterocycles. The first-order valence-electron chi connectivity index (χ1n) is 9.84. The molecule has 0 aromatic heterocycles. The Bertz CT molecular complexity index is 1390. The third-order valence-electron chi connectivity index (χ3n) is 5.01. The topological polar surface area (TPSA) is 78.5 Å². The van der Waals surface area contributed by atoms with Crippen LogP contribution in [-0.4, -0.2) is 17.7 Å². The second-order valence-electron chi connectivity index (χ2n) is 7.36. The van der Waals surface area contributed by atoms with E-state index in [0.29, 0.717) is 16.4 Å². The van der Waals surface area contributed by atoms with E-state index in [4.69, 9.17) is 34.8 Å². The van der Waals surface area contributed by atoms with Gasteiger partial charge in [0.2, 0.25) is 0 Å². The number of aryl methyl sites for hydroxylation is 1. The molecule has 172 valence electrons. The molecular weight excluding hydrogens is 504 g/mol. The van der Waals surface area contributed by atoms with Gasteiger partial charge in [-0.25, -0.2) is 9.29 Å². The van der Waals surface area contributed by atoms with Crippen molar-refractivity contribution < 1.29 is 18.8 Å². The minimum atomic E-state index is -0.790. The first-order valence-corrected chi connectivity index (χ1v) is 11.0. The summed E-state index contributed by atoms with van der Waals surface area (Å²) in [5.41, 5.74) is 1.93. The number of halogens is 4. The highest BCUT2D eigenvalue weighted by Crippen LogP contribution is 2.32. The predicted octanol–water partition coefficient (Wildman–Crippen LogP) is 6.13. The lowest BCUT2D eigenvalue weighted by molar-refractivity contribution is -0.120. The largest absolute Gasteiger partial charge is 0.350 e. The Labute approximate surface area is 208 Å². The number of nitrogens with one attached hydrogen (secondary N) is 2. The summed E-state index contributed by atoms with van der Waals surface area (Å²) < 4.78 is 13.5. The second kappa shape index (κ2) is 9.46. The van der Waals surface area contributed by atoms with Crippen LogP contribution in [0.25, 0.3) is 0 Å². The van der Waals surface area contributed by atoms with Crippen LogP contribution in [0.5, 0.6) is 0 Å². The number of carbonyl (C=O) groups is 3. The molecule has 0 atom stereocenters. The van der Waals surface area contributed by atoms with Gasteiger partial charge in [-0.3, -0.25) is 14.4 Å². The zero-order valence-electron chi connectivity index (χ0n) is 17.5. The quantitative estimate of drug-likeness (QED) is 0.398. The number of rotatable bonds is 5. The lowest BCUT2D eigenvalue weighted by Gasteiger charge is -2.15.